The number of aromatic nitrogens is 3. The van der Waals surface area contributed by atoms with Crippen LogP contribution in [0.1, 0.15) is 17.8 Å². The van der Waals surface area contributed by atoms with Crippen LogP contribution in [0, 0.1) is 0 Å². The fraction of sp³-hybridized carbons (Fsp3) is 0.231. The van der Waals surface area contributed by atoms with Gasteiger partial charge in [-0.2, -0.15) is 28.1 Å². The summed E-state index contributed by atoms with van der Waals surface area (Å²) in [6, 6.07) is 0.937. The molecule has 0 unspecified atom stereocenters. The van der Waals surface area contributed by atoms with Gasteiger partial charge in [-0.25, -0.2) is 26.7 Å². The van der Waals surface area contributed by atoms with Gasteiger partial charge in [-0.05, 0) is 12.1 Å². The standard InChI is InChI=1S/C13H10F5N5O4S.Na.H/c1-27-12-20-9(8(14)15)19-10(22-12)21-11(24)23-28(25,26)7-5-3-2-4-6(7)13(16,17)18;;/h2-5,8H,1H3,(H2,19,20,21,22,23,24);;. The molecule has 154 valence electrons. The Kier molecular flexibility index (Phi) is 8.25. The van der Waals surface area contributed by atoms with Crippen LogP contribution in [0.15, 0.2) is 29.2 Å². The van der Waals surface area contributed by atoms with E-state index in [-0.39, 0.29) is 29.6 Å². The molecule has 0 saturated carbocycles. The van der Waals surface area contributed by atoms with Crippen LogP contribution in [0.3, 0.4) is 0 Å². The average Bonchev–Trinajstić information content (AvgIpc) is 2.60. The first-order valence-corrected chi connectivity index (χ1v) is 8.50. The van der Waals surface area contributed by atoms with Crippen LogP contribution in [-0.4, -0.2) is 66.1 Å². The number of ether oxygens (including phenoxy) is 1. The van der Waals surface area contributed by atoms with Crippen molar-refractivity contribution in [3.63, 3.8) is 0 Å². The predicted octanol–water partition coefficient (Wildman–Crippen LogP) is 1.70. The summed E-state index contributed by atoms with van der Waals surface area (Å²) in [6.07, 6.45) is -8.17. The van der Waals surface area contributed by atoms with Gasteiger partial charge in [-0.3, -0.25) is 5.32 Å². The molecule has 2 amide bonds. The summed E-state index contributed by atoms with van der Waals surface area (Å²) in [5.41, 5.74) is -1.50. The molecule has 1 aromatic heterocycles. The van der Waals surface area contributed by atoms with Crippen molar-refractivity contribution in [2.75, 3.05) is 12.4 Å². The molecule has 0 bridgehead atoms. The zero-order valence-corrected chi connectivity index (χ0v) is 14.5. The molecule has 9 nitrogen and oxygen atoms in total. The first-order valence-electron chi connectivity index (χ1n) is 7.02. The van der Waals surface area contributed by atoms with E-state index in [1.807, 2.05) is 0 Å². The van der Waals surface area contributed by atoms with Crippen molar-refractivity contribution >= 4 is 51.6 Å². The van der Waals surface area contributed by atoms with E-state index in [2.05, 4.69) is 19.7 Å². The Hall–Kier alpha value is -2.10. The van der Waals surface area contributed by atoms with Crippen molar-refractivity contribution in [1.29, 1.82) is 0 Å². The molecular formula is C13H11F5N5NaO4S. The van der Waals surface area contributed by atoms with Crippen LogP contribution in [0.25, 0.3) is 0 Å². The molecule has 29 heavy (non-hydrogen) atoms. The molecule has 2 N–H and O–H groups in total. The first kappa shape index (κ1) is 24.9. The van der Waals surface area contributed by atoms with E-state index in [0.717, 1.165) is 19.2 Å². The van der Waals surface area contributed by atoms with Gasteiger partial charge in [0.1, 0.15) is 0 Å². The number of nitrogens with one attached hydrogen (secondary N) is 2. The van der Waals surface area contributed by atoms with Gasteiger partial charge in [0.2, 0.25) is 11.8 Å². The zero-order valence-electron chi connectivity index (χ0n) is 13.7. The summed E-state index contributed by atoms with van der Waals surface area (Å²) in [7, 11) is -3.93. The quantitative estimate of drug-likeness (QED) is 0.524. The van der Waals surface area contributed by atoms with Crippen molar-refractivity contribution in [3.05, 3.63) is 35.7 Å². The maximum absolute atomic E-state index is 13.0. The van der Waals surface area contributed by atoms with E-state index in [9.17, 15) is 35.2 Å². The van der Waals surface area contributed by atoms with Crippen LogP contribution in [-0.2, 0) is 16.2 Å². The molecule has 0 spiro atoms. The number of alkyl halides is 5. The fourth-order valence-electron chi connectivity index (χ4n) is 1.86. The normalized spacial score (nSPS) is 11.6. The molecule has 0 fully saturated rings. The molecule has 0 radical (unpaired) electrons. The number of halogens is 5. The summed E-state index contributed by atoms with van der Waals surface area (Å²) in [6.45, 7) is 0. The minimum atomic E-state index is -5.00. The number of hydrogen-bond acceptors (Lipinski definition) is 7. The third-order valence-electron chi connectivity index (χ3n) is 2.94. The van der Waals surface area contributed by atoms with E-state index >= 15 is 0 Å². The van der Waals surface area contributed by atoms with Crippen molar-refractivity contribution in [1.82, 2.24) is 19.7 Å². The number of urea groups is 1. The second kappa shape index (κ2) is 9.60. The summed E-state index contributed by atoms with van der Waals surface area (Å²) in [5, 5.41) is 1.71. The molecule has 0 saturated heterocycles. The van der Waals surface area contributed by atoms with Gasteiger partial charge in [-0.1, -0.05) is 12.1 Å². The molecule has 1 aromatic carbocycles. The van der Waals surface area contributed by atoms with Crippen LogP contribution in [0.2, 0.25) is 0 Å². The summed E-state index contributed by atoms with van der Waals surface area (Å²) >= 11 is 0. The van der Waals surface area contributed by atoms with Gasteiger partial charge in [0, 0.05) is 0 Å². The van der Waals surface area contributed by atoms with Crippen LogP contribution < -0.4 is 14.8 Å². The summed E-state index contributed by atoms with van der Waals surface area (Å²) < 4.78 is 94.4. The van der Waals surface area contributed by atoms with Gasteiger partial charge < -0.3 is 4.74 Å². The number of benzene rings is 1. The SMILES string of the molecule is COc1nc(NC(=O)NS(=O)(=O)c2ccccc2C(F)(F)F)nc(C(F)F)n1.[NaH]. The molecule has 0 aliphatic carbocycles. The third-order valence-corrected chi connectivity index (χ3v) is 4.33. The Morgan fingerprint density at radius 1 is 1.14 bits per heavy atom. The zero-order chi connectivity index (χ0) is 21.1. The maximum atomic E-state index is 13.0. The Morgan fingerprint density at radius 3 is 2.31 bits per heavy atom. The number of methoxy groups -OCH3 is 1. The molecule has 1 heterocycles. The predicted molar refractivity (Wildman–Crippen MR) is 89.3 cm³/mol. The van der Waals surface area contributed by atoms with Gasteiger partial charge in [0.15, 0.2) is 0 Å². The van der Waals surface area contributed by atoms with E-state index < -0.39 is 56.9 Å². The van der Waals surface area contributed by atoms with E-state index in [1.54, 1.807) is 5.32 Å². The number of anilines is 1. The Balaban J connectivity index is 0.00000420. The van der Waals surface area contributed by atoms with Crippen molar-refractivity contribution in [2.24, 2.45) is 0 Å². The van der Waals surface area contributed by atoms with Crippen LogP contribution >= 0.6 is 0 Å². The number of amides is 2. The Morgan fingerprint density at radius 2 is 1.76 bits per heavy atom. The molecule has 16 heteroatoms. The van der Waals surface area contributed by atoms with E-state index in [1.165, 1.54) is 4.72 Å². The monoisotopic (exact) mass is 451 g/mol. The fourth-order valence-corrected chi connectivity index (χ4v) is 2.99. The van der Waals surface area contributed by atoms with E-state index in [0.29, 0.717) is 12.1 Å². The van der Waals surface area contributed by atoms with Crippen molar-refractivity contribution in [2.45, 2.75) is 17.5 Å². The molecular weight excluding hydrogens is 440 g/mol. The van der Waals surface area contributed by atoms with E-state index in [4.69, 9.17) is 0 Å². The molecule has 2 aromatic rings. The van der Waals surface area contributed by atoms with Gasteiger partial charge >= 0.3 is 47.8 Å². The number of carbonyl (C=O) groups is 1. The molecule has 0 atom stereocenters. The van der Waals surface area contributed by atoms with Crippen molar-refractivity contribution < 1.29 is 39.9 Å². The number of carbonyl (C=O) groups excluding carboxylic acids is 1. The van der Waals surface area contributed by atoms with Gasteiger partial charge in [0.05, 0.1) is 17.6 Å². The average molecular weight is 451 g/mol. The topological polar surface area (TPSA) is 123 Å². The Labute approximate surface area is 182 Å². The minimum absolute atomic E-state index is 0. The Bertz CT molecular complexity index is 990. The van der Waals surface area contributed by atoms with Crippen LogP contribution in [0.4, 0.5) is 32.7 Å². The molecule has 0 aliphatic rings. The van der Waals surface area contributed by atoms with Crippen molar-refractivity contribution in [3.8, 4) is 6.01 Å². The molecule has 2 rings (SSSR count). The second-order valence-electron chi connectivity index (χ2n) is 4.86. The second-order valence-corrected chi connectivity index (χ2v) is 6.51. The van der Waals surface area contributed by atoms with Gasteiger partial charge in [-0.15, -0.1) is 0 Å². The third kappa shape index (κ3) is 6.45. The number of nitrogens with zero attached hydrogens (tertiary/aromatic N) is 3. The number of hydrogen-bond donors (Lipinski definition) is 2. The first-order chi connectivity index (χ1) is 12.9. The van der Waals surface area contributed by atoms with Crippen LogP contribution in [0.5, 0.6) is 6.01 Å². The summed E-state index contributed by atoms with van der Waals surface area (Å²) in [4.78, 5) is 20.4. The number of rotatable bonds is 5. The van der Waals surface area contributed by atoms with Gasteiger partial charge in [0.25, 0.3) is 16.4 Å². The number of sulfonamides is 1. The summed E-state index contributed by atoms with van der Waals surface area (Å²) in [5.74, 6) is -1.88. The molecule has 0 aliphatic heterocycles.